The van der Waals surface area contributed by atoms with Gasteiger partial charge in [-0.05, 0) is 5.92 Å². The summed E-state index contributed by atoms with van der Waals surface area (Å²) in [5.41, 5.74) is 4.78. The summed E-state index contributed by atoms with van der Waals surface area (Å²) in [6, 6.07) is 0. The fraction of sp³-hybridized carbons (Fsp3) is 1.00. The number of aliphatic hydroxyl groups is 1. The van der Waals surface area contributed by atoms with Crippen molar-refractivity contribution >= 4 is 0 Å². The van der Waals surface area contributed by atoms with Crippen LogP contribution in [-0.4, -0.2) is 18.3 Å². The van der Waals surface area contributed by atoms with Crippen LogP contribution in [0.15, 0.2) is 0 Å². The van der Waals surface area contributed by atoms with Gasteiger partial charge in [0, 0.05) is 6.54 Å². The van der Waals surface area contributed by atoms with E-state index in [-0.39, 0.29) is 6.61 Å². The molecule has 11 heavy (non-hydrogen) atoms. The molecule has 0 aromatic rings. The smallest absolute Gasteiger partial charge is 0.0553 e. The molecule has 0 aliphatic heterocycles. The van der Waals surface area contributed by atoms with Crippen LogP contribution < -0.4 is 5.73 Å². The Morgan fingerprint density at radius 2 is 1.73 bits per heavy atom. The van der Waals surface area contributed by atoms with Gasteiger partial charge in [-0.3, -0.25) is 0 Å². The standard InChI is InChI=1S/C7H14.C2H7NO/c1-7-5-3-2-4-6-7;3-1-2-4/h7H,2-6H2,1H3;4H,1-3H2. The minimum Gasteiger partial charge on any atom is -0.395 e. The first kappa shape index (κ1) is 10.9. The van der Waals surface area contributed by atoms with E-state index < -0.39 is 0 Å². The van der Waals surface area contributed by atoms with E-state index in [9.17, 15) is 0 Å². The van der Waals surface area contributed by atoms with Gasteiger partial charge in [-0.15, -0.1) is 0 Å². The van der Waals surface area contributed by atoms with Crippen LogP contribution in [0.1, 0.15) is 39.0 Å². The molecule has 0 radical (unpaired) electrons. The SMILES string of the molecule is CC1CCCCC1.NCCO. The first-order valence-corrected chi connectivity index (χ1v) is 4.62. The van der Waals surface area contributed by atoms with E-state index in [1.807, 2.05) is 0 Å². The lowest BCUT2D eigenvalue weighted by Crippen LogP contribution is -2.02. The predicted molar refractivity (Wildman–Crippen MR) is 48.4 cm³/mol. The maximum Gasteiger partial charge on any atom is 0.0553 e. The number of rotatable bonds is 1. The Balaban J connectivity index is 0.000000218. The van der Waals surface area contributed by atoms with Crippen molar-refractivity contribution in [2.45, 2.75) is 39.0 Å². The van der Waals surface area contributed by atoms with Crippen molar-refractivity contribution in [3.63, 3.8) is 0 Å². The molecule has 0 saturated heterocycles. The highest BCUT2D eigenvalue weighted by Crippen LogP contribution is 2.21. The third-order valence-corrected chi connectivity index (χ3v) is 2.02. The van der Waals surface area contributed by atoms with Gasteiger partial charge in [0.05, 0.1) is 6.61 Å². The van der Waals surface area contributed by atoms with Crippen molar-refractivity contribution in [1.29, 1.82) is 0 Å². The molecule has 0 unspecified atom stereocenters. The summed E-state index contributed by atoms with van der Waals surface area (Å²) in [5, 5.41) is 7.75. The molecule has 68 valence electrons. The molecule has 2 nitrogen and oxygen atoms in total. The lowest BCUT2D eigenvalue weighted by molar-refractivity contribution is 0.306. The maximum absolute atomic E-state index is 7.75. The van der Waals surface area contributed by atoms with Gasteiger partial charge in [-0.25, -0.2) is 0 Å². The molecule has 1 aliphatic carbocycles. The summed E-state index contributed by atoms with van der Waals surface area (Å²) in [4.78, 5) is 0. The second kappa shape index (κ2) is 8.02. The zero-order valence-electron chi connectivity index (χ0n) is 7.55. The van der Waals surface area contributed by atoms with Gasteiger partial charge in [0.25, 0.3) is 0 Å². The Morgan fingerprint density at radius 1 is 1.27 bits per heavy atom. The summed E-state index contributed by atoms with van der Waals surface area (Å²) in [7, 11) is 0. The largest absolute Gasteiger partial charge is 0.395 e. The van der Waals surface area contributed by atoms with Crippen LogP contribution in [0.4, 0.5) is 0 Å². The Hall–Kier alpha value is -0.0800. The van der Waals surface area contributed by atoms with Gasteiger partial charge in [0.15, 0.2) is 0 Å². The van der Waals surface area contributed by atoms with E-state index in [1.165, 1.54) is 32.1 Å². The zero-order chi connectivity index (χ0) is 8.53. The van der Waals surface area contributed by atoms with E-state index in [0.29, 0.717) is 6.54 Å². The second-order valence-electron chi connectivity index (χ2n) is 3.26. The maximum atomic E-state index is 7.75. The molecule has 1 fully saturated rings. The number of hydrogen-bond acceptors (Lipinski definition) is 2. The van der Waals surface area contributed by atoms with Gasteiger partial charge in [-0.1, -0.05) is 39.0 Å². The molecule has 1 saturated carbocycles. The van der Waals surface area contributed by atoms with E-state index in [4.69, 9.17) is 10.8 Å². The second-order valence-corrected chi connectivity index (χ2v) is 3.26. The third kappa shape index (κ3) is 7.82. The van der Waals surface area contributed by atoms with Crippen LogP contribution in [0, 0.1) is 5.92 Å². The minimum atomic E-state index is 0.0972. The molecule has 3 N–H and O–H groups in total. The third-order valence-electron chi connectivity index (χ3n) is 2.02. The quantitative estimate of drug-likeness (QED) is 0.609. The number of aliphatic hydroxyl groups excluding tert-OH is 1. The average Bonchev–Trinajstić information content (AvgIpc) is 2.07. The number of nitrogens with two attached hydrogens (primary N) is 1. The van der Waals surface area contributed by atoms with E-state index in [2.05, 4.69) is 6.92 Å². The van der Waals surface area contributed by atoms with Gasteiger partial charge >= 0.3 is 0 Å². The topological polar surface area (TPSA) is 46.2 Å². The summed E-state index contributed by atoms with van der Waals surface area (Å²) in [5.74, 6) is 1.04. The van der Waals surface area contributed by atoms with E-state index in [0.717, 1.165) is 5.92 Å². The molecule has 0 aromatic carbocycles. The Labute approximate surface area is 69.8 Å². The highest BCUT2D eigenvalue weighted by atomic mass is 16.3. The highest BCUT2D eigenvalue weighted by Gasteiger charge is 2.05. The lowest BCUT2D eigenvalue weighted by atomic mass is 9.91. The van der Waals surface area contributed by atoms with Crippen molar-refractivity contribution in [2.75, 3.05) is 13.2 Å². The molecule has 0 atom stereocenters. The lowest BCUT2D eigenvalue weighted by Gasteiger charge is -2.15. The van der Waals surface area contributed by atoms with Crippen molar-refractivity contribution in [1.82, 2.24) is 0 Å². The summed E-state index contributed by atoms with van der Waals surface area (Å²) >= 11 is 0. The van der Waals surface area contributed by atoms with Crippen molar-refractivity contribution < 1.29 is 5.11 Å². The van der Waals surface area contributed by atoms with E-state index in [1.54, 1.807) is 0 Å². The van der Waals surface area contributed by atoms with Crippen LogP contribution in [0.2, 0.25) is 0 Å². The van der Waals surface area contributed by atoms with E-state index >= 15 is 0 Å². The van der Waals surface area contributed by atoms with Crippen LogP contribution in [0.5, 0.6) is 0 Å². The first-order chi connectivity index (χ1) is 5.31. The molecule has 1 rings (SSSR count). The van der Waals surface area contributed by atoms with Gasteiger partial charge in [-0.2, -0.15) is 0 Å². The molecular weight excluding hydrogens is 138 g/mol. The van der Waals surface area contributed by atoms with Crippen LogP contribution in [0.25, 0.3) is 0 Å². The minimum absolute atomic E-state index is 0.0972. The molecule has 0 heterocycles. The average molecular weight is 159 g/mol. The van der Waals surface area contributed by atoms with Crippen molar-refractivity contribution in [2.24, 2.45) is 11.7 Å². The number of hydrogen-bond donors (Lipinski definition) is 2. The van der Waals surface area contributed by atoms with Crippen LogP contribution >= 0.6 is 0 Å². The summed E-state index contributed by atoms with van der Waals surface area (Å²) in [6.45, 7) is 2.83. The van der Waals surface area contributed by atoms with Gasteiger partial charge in [0.2, 0.25) is 0 Å². The summed E-state index contributed by atoms with van der Waals surface area (Å²) in [6.07, 6.45) is 7.44. The predicted octanol–water partition coefficient (Wildman–Crippen LogP) is 1.52. The normalized spacial score (nSPS) is 18.8. The highest BCUT2D eigenvalue weighted by molar-refractivity contribution is 4.59. The molecule has 2 heteroatoms. The Kier molecular flexibility index (Phi) is 7.96. The van der Waals surface area contributed by atoms with Gasteiger partial charge in [0.1, 0.15) is 0 Å². The van der Waals surface area contributed by atoms with Crippen LogP contribution in [-0.2, 0) is 0 Å². The molecular formula is C9H21NO. The fourth-order valence-corrected chi connectivity index (χ4v) is 1.31. The first-order valence-electron chi connectivity index (χ1n) is 4.62. The van der Waals surface area contributed by atoms with Crippen molar-refractivity contribution in [3.8, 4) is 0 Å². The molecule has 0 amide bonds. The molecule has 0 aromatic heterocycles. The Morgan fingerprint density at radius 3 is 1.91 bits per heavy atom. The summed E-state index contributed by atoms with van der Waals surface area (Å²) < 4.78 is 0. The monoisotopic (exact) mass is 159 g/mol. The van der Waals surface area contributed by atoms with Crippen LogP contribution in [0.3, 0.4) is 0 Å². The molecule has 0 spiro atoms. The zero-order valence-corrected chi connectivity index (χ0v) is 7.55. The molecule has 1 aliphatic rings. The fourth-order valence-electron chi connectivity index (χ4n) is 1.31. The Bertz CT molecular complexity index is 68.0. The van der Waals surface area contributed by atoms with Crippen molar-refractivity contribution in [3.05, 3.63) is 0 Å². The van der Waals surface area contributed by atoms with Gasteiger partial charge < -0.3 is 10.8 Å². The molecule has 0 bridgehead atoms.